The van der Waals surface area contributed by atoms with Crippen LogP contribution < -0.4 is 0 Å². The van der Waals surface area contributed by atoms with Gasteiger partial charge in [-0.05, 0) is 61.1 Å². The summed E-state index contributed by atoms with van der Waals surface area (Å²) in [5, 5.41) is 56.4. The molecule has 0 N–H and O–H groups in total. The van der Waals surface area contributed by atoms with Gasteiger partial charge in [-0.3, -0.25) is 0 Å². The lowest BCUT2D eigenvalue weighted by Crippen LogP contribution is -1.94. The molecule has 0 aliphatic carbocycles. The van der Waals surface area contributed by atoms with Gasteiger partial charge in [0.2, 0.25) is 0 Å². The van der Waals surface area contributed by atoms with E-state index in [1.54, 1.807) is 23.5 Å². The predicted molar refractivity (Wildman–Crippen MR) is 156 cm³/mol. The van der Waals surface area contributed by atoms with E-state index in [0.717, 1.165) is 58.0 Å². The smallest absolute Gasteiger partial charge is 0.148 e. The number of rotatable bonds is 10. The number of nitrogens with zero attached hydrogens (tertiary/aromatic N) is 6. The summed E-state index contributed by atoms with van der Waals surface area (Å²) < 4.78 is 0. The van der Waals surface area contributed by atoms with E-state index in [1.807, 2.05) is 48.5 Å². The standard InChI is InChI=1S/C30H22N6S3/c1-3-5-7-21-22(8-6-4-2)30(28-12-10-26(38-28)24(18-36)20(15-33)16-34)39-29(21)27-11-9-25(37-27)23(17-35)19(13-31)14-32/h9-12H,3-8H2,1-2H3. The average Bonchev–Trinajstić information content (AvgIpc) is 3.71. The van der Waals surface area contributed by atoms with E-state index in [4.69, 9.17) is 0 Å². The lowest BCUT2D eigenvalue weighted by atomic mass is 9.97. The second-order valence-electron chi connectivity index (χ2n) is 8.42. The van der Waals surface area contributed by atoms with E-state index >= 15 is 0 Å². The topological polar surface area (TPSA) is 143 Å². The summed E-state index contributed by atoms with van der Waals surface area (Å²) in [6.45, 7) is 4.31. The van der Waals surface area contributed by atoms with Crippen molar-refractivity contribution in [3.63, 3.8) is 0 Å². The summed E-state index contributed by atoms with van der Waals surface area (Å²) in [6, 6.07) is 18.8. The van der Waals surface area contributed by atoms with Gasteiger partial charge in [-0.1, -0.05) is 26.7 Å². The Morgan fingerprint density at radius 2 is 0.949 bits per heavy atom. The molecule has 0 aliphatic heterocycles. The predicted octanol–water partition coefficient (Wildman–Crippen LogP) is 8.54. The zero-order valence-corrected chi connectivity index (χ0v) is 23.9. The molecule has 3 aromatic rings. The molecule has 0 saturated carbocycles. The molecule has 6 nitrogen and oxygen atoms in total. The molecule has 0 unspecified atom stereocenters. The molecule has 0 atom stereocenters. The molecule has 3 aromatic heterocycles. The number of thiophene rings is 3. The maximum absolute atomic E-state index is 9.63. The number of hydrogen-bond acceptors (Lipinski definition) is 9. The van der Waals surface area contributed by atoms with E-state index in [2.05, 4.69) is 13.8 Å². The van der Waals surface area contributed by atoms with Crippen molar-refractivity contribution in [3.8, 4) is 55.9 Å². The second kappa shape index (κ2) is 13.9. The fraction of sp³-hybridized carbons (Fsp3) is 0.267. The van der Waals surface area contributed by atoms with Gasteiger partial charge in [0, 0.05) is 29.3 Å². The molecule has 3 heterocycles. The third-order valence-corrected chi connectivity index (χ3v) is 9.84. The zero-order chi connectivity index (χ0) is 28.4. The Labute approximate surface area is 240 Å². The first kappa shape index (κ1) is 29.1. The average molecular weight is 563 g/mol. The van der Waals surface area contributed by atoms with Crippen LogP contribution in [-0.4, -0.2) is 0 Å². The van der Waals surface area contributed by atoms with Crippen molar-refractivity contribution in [2.24, 2.45) is 0 Å². The van der Waals surface area contributed by atoms with Crippen molar-refractivity contribution >= 4 is 45.2 Å². The first-order chi connectivity index (χ1) is 19.0. The van der Waals surface area contributed by atoms with Crippen molar-refractivity contribution in [3.05, 3.63) is 56.3 Å². The van der Waals surface area contributed by atoms with Gasteiger partial charge in [-0.2, -0.15) is 31.6 Å². The quantitative estimate of drug-likeness (QED) is 0.226. The van der Waals surface area contributed by atoms with Crippen LogP contribution >= 0.6 is 34.0 Å². The Balaban J connectivity index is 2.24. The SMILES string of the molecule is CCCCc1c(-c2ccc(C(C#N)=C(C#N)C#N)s2)sc(-c2ccc(C(C#N)=C(C#N)C#N)s2)c1CCCC. The first-order valence-electron chi connectivity index (χ1n) is 12.3. The van der Waals surface area contributed by atoms with Crippen molar-refractivity contribution in [1.82, 2.24) is 0 Å². The van der Waals surface area contributed by atoms with E-state index in [-0.39, 0.29) is 22.3 Å². The molecule has 9 heteroatoms. The van der Waals surface area contributed by atoms with Crippen LogP contribution in [0.3, 0.4) is 0 Å². The first-order valence-corrected chi connectivity index (χ1v) is 14.7. The largest absolute Gasteiger partial charge is 0.192 e. The van der Waals surface area contributed by atoms with Crippen LogP contribution in [0.4, 0.5) is 0 Å². The highest BCUT2D eigenvalue weighted by Gasteiger charge is 2.23. The minimum absolute atomic E-state index is 0.0823. The van der Waals surface area contributed by atoms with Crippen LogP contribution in [0.2, 0.25) is 0 Å². The molecule has 0 fully saturated rings. The zero-order valence-electron chi connectivity index (χ0n) is 21.5. The molecule has 190 valence electrons. The van der Waals surface area contributed by atoms with Crippen LogP contribution in [-0.2, 0) is 12.8 Å². The third-order valence-electron chi connectivity index (χ3n) is 6.00. The molecular weight excluding hydrogens is 541 g/mol. The molecule has 0 radical (unpaired) electrons. The number of unbranched alkanes of at least 4 members (excludes halogenated alkanes) is 2. The summed E-state index contributed by atoms with van der Waals surface area (Å²) in [5.41, 5.74) is 2.30. The van der Waals surface area contributed by atoms with E-state index in [9.17, 15) is 31.6 Å². The van der Waals surface area contributed by atoms with Crippen molar-refractivity contribution in [2.75, 3.05) is 0 Å². The number of hydrogen-bond donors (Lipinski definition) is 0. The Hall–Kier alpha value is -4.48. The lowest BCUT2D eigenvalue weighted by molar-refractivity contribution is 0.764. The molecule has 0 aromatic carbocycles. The molecular formula is C30H22N6S3. The molecule has 0 aliphatic rings. The fourth-order valence-electron chi connectivity index (χ4n) is 4.06. The summed E-state index contributed by atoms with van der Waals surface area (Å²) in [5.74, 6) is 0. The van der Waals surface area contributed by atoms with Crippen molar-refractivity contribution in [2.45, 2.75) is 52.4 Å². The van der Waals surface area contributed by atoms with Crippen LogP contribution in [0, 0.1) is 68.0 Å². The molecule has 3 rings (SSSR count). The minimum atomic E-state index is -0.200. The normalized spacial score (nSPS) is 9.74. The Bertz CT molecular complexity index is 1540. The Morgan fingerprint density at radius 3 is 1.26 bits per heavy atom. The van der Waals surface area contributed by atoms with E-state index < -0.39 is 0 Å². The summed E-state index contributed by atoms with van der Waals surface area (Å²) in [6.07, 6.45) is 5.89. The Kier molecular flexibility index (Phi) is 10.4. The van der Waals surface area contributed by atoms with Gasteiger partial charge in [0.15, 0.2) is 0 Å². The highest BCUT2D eigenvalue weighted by atomic mass is 32.1. The van der Waals surface area contributed by atoms with Crippen LogP contribution in [0.15, 0.2) is 35.4 Å². The maximum atomic E-state index is 9.63. The van der Waals surface area contributed by atoms with Crippen LogP contribution in [0.25, 0.3) is 30.7 Å². The molecule has 0 amide bonds. The molecule has 0 saturated heterocycles. The van der Waals surface area contributed by atoms with Crippen LogP contribution in [0.5, 0.6) is 0 Å². The highest BCUT2D eigenvalue weighted by molar-refractivity contribution is 7.27. The van der Waals surface area contributed by atoms with E-state index in [1.165, 1.54) is 33.8 Å². The summed E-state index contributed by atoms with van der Waals surface area (Å²) in [4.78, 5) is 5.32. The third kappa shape index (κ3) is 6.16. The molecule has 0 spiro atoms. The van der Waals surface area contributed by atoms with Crippen molar-refractivity contribution in [1.29, 1.82) is 31.6 Å². The Morgan fingerprint density at radius 1 is 0.564 bits per heavy atom. The fourth-order valence-corrected chi connectivity index (χ4v) is 7.75. The van der Waals surface area contributed by atoms with Gasteiger partial charge in [-0.25, -0.2) is 0 Å². The van der Waals surface area contributed by atoms with E-state index in [0.29, 0.717) is 9.75 Å². The number of nitriles is 6. The summed E-state index contributed by atoms with van der Waals surface area (Å²) >= 11 is 4.46. The van der Waals surface area contributed by atoms with Gasteiger partial charge >= 0.3 is 0 Å². The highest BCUT2D eigenvalue weighted by Crippen LogP contribution is 2.48. The van der Waals surface area contributed by atoms with Crippen molar-refractivity contribution < 1.29 is 0 Å². The minimum Gasteiger partial charge on any atom is -0.192 e. The molecule has 0 bridgehead atoms. The van der Waals surface area contributed by atoms with Gasteiger partial charge in [-0.15, -0.1) is 34.0 Å². The molecule has 39 heavy (non-hydrogen) atoms. The monoisotopic (exact) mass is 562 g/mol. The van der Waals surface area contributed by atoms with Crippen LogP contribution in [0.1, 0.15) is 60.4 Å². The second-order valence-corrected chi connectivity index (χ2v) is 11.6. The lowest BCUT2D eigenvalue weighted by Gasteiger charge is -2.08. The van der Waals surface area contributed by atoms with Gasteiger partial charge in [0.1, 0.15) is 47.6 Å². The summed E-state index contributed by atoms with van der Waals surface area (Å²) in [7, 11) is 0. The van der Waals surface area contributed by atoms with Gasteiger partial charge in [0.05, 0.1) is 11.1 Å². The van der Waals surface area contributed by atoms with Gasteiger partial charge < -0.3 is 0 Å². The maximum Gasteiger partial charge on any atom is 0.148 e. The van der Waals surface area contributed by atoms with Gasteiger partial charge in [0.25, 0.3) is 0 Å². The number of allylic oxidation sites excluding steroid dienone is 4.